The largest absolute Gasteiger partial charge is 0.389 e. The fraction of sp³-hybridized carbons (Fsp3) is 0.273. The van der Waals surface area contributed by atoms with Crippen LogP contribution < -0.4 is 0 Å². The highest BCUT2D eigenvalue weighted by Gasteiger charge is 2.11. The van der Waals surface area contributed by atoms with Gasteiger partial charge in [-0.3, -0.25) is 5.41 Å². The second-order valence-corrected chi connectivity index (χ2v) is 3.25. The van der Waals surface area contributed by atoms with Crippen molar-refractivity contribution in [3.63, 3.8) is 0 Å². The van der Waals surface area contributed by atoms with E-state index in [1.54, 1.807) is 19.9 Å². The summed E-state index contributed by atoms with van der Waals surface area (Å²) >= 11 is 0. The average molecular weight is 208 g/mol. The third-order valence-corrected chi connectivity index (χ3v) is 2.11. The fourth-order valence-electron chi connectivity index (χ4n) is 1.38. The van der Waals surface area contributed by atoms with E-state index in [2.05, 4.69) is 4.99 Å². The monoisotopic (exact) mass is 208 g/mol. The highest BCUT2D eigenvalue weighted by atomic mass is 19.1. The van der Waals surface area contributed by atoms with Crippen LogP contribution >= 0.6 is 0 Å². The number of aliphatic imine (C=N–C) groups is 1. The van der Waals surface area contributed by atoms with Crippen molar-refractivity contribution in [2.75, 3.05) is 0 Å². The Kier molecular flexibility index (Phi) is 3.68. The number of hydrogen-bond donors (Lipinski definition) is 2. The summed E-state index contributed by atoms with van der Waals surface area (Å²) in [5.74, 6) is -0.391. The summed E-state index contributed by atoms with van der Waals surface area (Å²) in [6, 6.07) is 4.15. The third kappa shape index (κ3) is 2.70. The zero-order valence-electron chi connectivity index (χ0n) is 8.66. The van der Waals surface area contributed by atoms with E-state index in [9.17, 15) is 9.50 Å². The topological polar surface area (TPSA) is 56.4 Å². The van der Waals surface area contributed by atoms with Crippen LogP contribution in [0.5, 0.6) is 0 Å². The van der Waals surface area contributed by atoms with Gasteiger partial charge < -0.3 is 5.11 Å². The second kappa shape index (κ2) is 4.79. The molecule has 0 aromatic heterocycles. The number of rotatable bonds is 3. The molecule has 3 nitrogen and oxygen atoms in total. The Bertz CT molecular complexity index is 400. The lowest BCUT2D eigenvalue weighted by Crippen LogP contribution is -2.04. The van der Waals surface area contributed by atoms with Gasteiger partial charge in [-0.1, -0.05) is 0 Å². The molecule has 0 saturated carbocycles. The van der Waals surface area contributed by atoms with Gasteiger partial charge in [-0.2, -0.15) is 0 Å². The first-order valence-corrected chi connectivity index (χ1v) is 4.57. The second-order valence-electron chi connectivity index (χ2n) is 3.25. The molecule has 0 amide bonds. The molecule has 0 fully saturated rings. The molecule has 80 valence electrons. The van der Waals surface area contributed by atoms with E-state index < -0.39 is 11.9 Å². The van der Waals surface area contributed by atoms with Crippen molar-refractivity contribution < 1.29 is 9.50 Å². The molecule has 1 aromatic carbocycles. The van der Waals surface area contributed by atoms with Crippen molar-refractivity contribution in [1.82, 2.24) is 0 Å². The number of aliphatic hydroxyl groups excluding tert-OH is 1. The Hall–Kier alpha value is -1.55. The van der Waals surface area contributed by atoms with Gasteiger partial charge in [0.1, 0.15) is 12.2 Å². The van der Waals surface area contributed by atoms with Crippen molar-refractivity contribution in [3.05, 3.63) is 35.1 Å². The van der Waals surface area contributed by atoms with Gasteiger partial charge in [0.15, 0.2) is 0 Å². The van der Waals surface area contributed by atoms with Crippen LogP contribution in [0.3, 0.4) is 0 Å². The lowest BCUT2D eigenvalue weighted by atomic mass is 10.00. The van der Waals surface area contributed by atoms with Gasteiger partial charge in [0, 0.05) is 11.3 Å². The number of nitrogens with zero attached hydrogens (tertiary/aromatic N) is 1. The zero-order chi connectivity index (χ0) is 11.4. The first kappa shape index (κ1) is 11.5. The Morgan fingerprint density at radius 3 is 2.80 bits per heavy atom. The molecule has 0 unspecified atom stereocenters. The molecule has 0 spiro atoms. The molecular formula is C11H13FN2O. The van der Waals surface area contributed by atoms with E-state index in [1.807, 2.05) is 0 Å². The van der Waals surface area contributed by atoms with Crippen molar-refractivity contribution in [1.29, 1.82) is 5.41 Å². The standard InChI is InChI=1S/C11H13FN2O/c1-7(14-6-13)10-4-3-9(12)5-11(10)8(2)15/h3-6,8,13,15H,1-2H3/t8-/m1/s1. The summed E-state index contributed by atoms with van der Waals surface area (Å²) in [7, 11) is 0. The molecule has 2 N–H and O–H groups in total. The Morgan fingerprint density at radius 2 is 2.27 bits per heavy atom. The summed E-state index contributed by atoms with van der Waals surface area (Å²) in [5.41, 5.74) is 1.73. The summed E-state index contributed by atoms with van der Waals surface area (Å²) in [4.78, 5) is 3.79. The molecule has 0 saturated heterocycles. The first-order chi connectivity index (χ1) is 7.06. The SMILES string of the molecule is CC(=NC=N)c1ccc(F)cc1[C@@H](C)O. The smallest absolute Gasteiger partial charge is 0.123 e. The Balaban J connectivity index is 3.28. The number of nitrogens with one attached hydrogen (secondary N) is 1. The van der Waals surface area contributed by atoms with Gasteiger partial charge in [-0.15, -0.1) is 0 Å². The van der Waals surface area contributed by atoms with Crippen LogP contribution in [0.4, 0.5) is 4.39 Å². The van der Waals surface area contributed by atoms with Crippen molar-refractivity contribution in [2.24, 2.45) is 4.99 Å². The van der Waals surface area contributed by atoms with Crippen molar-refractivity contribution in [2.45, 2.75) is 20.0 Å². The molecule has 0 heterocycles. The molecule has 0 radical (unpaired) electrons. The molecule has 1 rings (SSSR count). The average Bonchev–Trinajstić information content (AvgIpc) is 2.17. The molecule has 15 heavy (non-hydrogen) atoms. The zero-order valence-corrected chi connectivity index (χ0v) is 8.66. The van der Waals surface area contributed by atoms with E-state index in [1.165, 1.54) is 12.1 Å². The molecular weight excluding hydrogens is 195 g/mol. The number of benzene rings is 1. The molecule has 0 bridgehead atoms. The maximum atomic E-state index is 13.0. The summed E-state index contributed by atoms with van der Waals surface area (Å²) < 4.78 is 13.0. The quantitative estimate of drug-likeness (QED) is 0.581. The number of hydrogen-bond acceptors (Lipinski definition) is 2. The van der Waals surface area contributed by atoms with Crippen LogP contribution in [-0.4, -0.2) is 17.2 Å². The van der Waals surface area contributed by atoms with Gasteiger partial charge in [-0.25, -0.2) is 9.38 Å². The van der Waals surface area contributed by atoms with E-state index in [4.69, 9.17) is 5.41 Å². The molecule has 0 aliphatic heterocycles. The maximum Gasteiger partial charge on any atom is 0.123 e. The Morgan fingerprint density at radius 1 is 1.60 bits per heavy atom. The van der Waals surface area contributed by atoms with Crippen LogP contribution in [0.1, 0.15) is 31.1 Å². The van der Waals surface area contributed by atoms with Crippen LogP contribution in [0.2, 0.25) is 0 Å². The van der Waals surface area contributed by atoms with Gasteiger partial charge in [-0.05, 0) is 37.6 Å². The Labute approximate surface area is 87.8 Å². The van der Waals surface area contributed by atoms with Crippen molar-refractivity contribution in [3.8, 4) is 0 Å². The lowest BCUT2D eigenvalue weighted by molar-refractivity contribution is 0.198. The van der Waals surface area contributed by atoms with Gasteiger partial charge in [0.2, 0.25) is 0 Å². The minimum Gasteiger partial charge on any atom is -0.389 e. The molecule has 4 heteroatoms. The fourth-order valence-corrected chi connectivity index (χ4v) is 1.38. The van der Waals surface area contributed by atoms with Crippen LogP contribution in [0.15, 0.2) is 23.2 Å². The van der Waals surface area contributed by atoms with Crippen LogP contribution in [0.25, 0.3) is 0 Å². The highest BCUT2D eigenvalue weighted by Crippen LogP contribution is 2.19. The van der Waals surface area contributed by atoms with Gasteiger partial charge in [0.25, 0.3) is 0 Å². The van der Waals surface area contributed by atoms with Gasteiger partial charge >= 0.3 is 0 Å². The normalized spacial score (nSPS) is 13.7. The van der Waals surface area contributed by atoms with Crippen LogP contribution in [-0.2, 0) is 0 Å². The minimum absolute atomic E-state index is 0.391. The first-order valence-electron chi connectivity index (χ1n) is 4.57. The van der Waals surface area contributed by atoms with Crippen molar-refractivity contribution >= 4 is 12.1 Å². The summed E-state index contributed by atoms with van der Waals surface area (Å²) in [6.45, 7) is 3.28. The lowest BCUT2D eigenvalue weighted by Gasteiger charge is -2.11. The van der Waals surface area contributed by atoms with E-state index in [-0.39, 0.29) is 0 Å². The van der Waals surface area contributed by atoms with E-state index in [0.29, 0.717) is 16.8 Å². The summed E-state index contributed by atoms with van der Waals surface area (Å²) in [6.07, 6.45) is 0.163. The third-order valence-electron chi connectivity index (χ3n) is 2.11. The summed E-state index contributed by atoms with van der Waals surface area (Å²) in [5, 5.41) is 16.3. The predicted molar refractivity (Wildman–Crippen MR) is 58.0 cm³/mol. The van der Waals surface area contributed by atoms with Crippen LogP contribution in [0, 0.1) is 11.2 Å². The minimum atomic E-state index is -0.758. The molecule has 0 aliphatic carbocycles. The van der Waals surface area contributed by atoms with E-state index in [0.717, 1.165) is 6.34 Å². The molecule has 0 aliphatic rings. The van der Waals surface area contributed by atoms with Gasteiger partial charge in [0.05, 0.1) is 6.10 Å². The van der Waals surface area contributed by atoms with E-state index >= 15 is 0 Å². The number of aliphatic hydroxyl groups is 1. The maximum absolute atomic E-state index is 13.0. The molecule has 1 atom stereocenters. The molecule has 1 aromatic rings. The number of halogens is 1. The highest BCUT2D eigenvalue weighted by molar-refractivity contribution is 6.03. The predicted octanol–water partition coefficient (Wildman–Crippen LogP) is 2.30.